The molecule has 1 amide bonds. The standard InChI is InChI=1S/C17H22BrNOS/c18-14-5-3-4-13(10-14)11-21-12-17(20)19(16-8-9-16)15-6-1-2-7-15/h3-5,10,15-16H,1-2,6-9,11-12H2. The van der Waals surface area contributed by atoms with Gasteiger partial charge >= 0.3 is 0 Å². The van der Waals surface area contributed by atoms with Crippen molar-refractivity contribution < 1.29 is 4.79 Å². The minimum Gasteiger partial charge on any atom is -0.336 e. The van der Waals surface area contributed by atoms with Gasteiger partial charge in [-0.2, -0.15) is 0 Å². The number of carbonyl (C=O) groups excluding carboxylic acids is 1. The van der Waals surface area contributed by atoms with Gasteiger partial charge in [0.25, 0.3) is 0 Å². The van der Waals surface area contributed by atoms with Crippen LogP contribution in [0, 0.1) is 0 Å². The normalized spacial score (nSPS) is 18.9. The molecule has 0 aromatic heterocycles. The molecule has 0 unspecified atom stereocenters. The maximum atomic E-state index is 12.6. The van der Waals surface area contributed by atoms with Crippen molar-refractivity contribution in [2.45, 2.75) is 56.4 Å². The Morgan fingerprint density at radius 3 is 2.57 bits per heavy atom. The maximum Gasteiger partial charge on any atom is 0.233 e. The van der Waals surface area contributed by atoms with Crippen molar-refractivity contribution in [3.8, 4) is 0 Å². The van der Waals surface area contributed by atoms with Crippen molar-refractivity contribution in [2.75, 3.05) is 5.75 Å². The third kappa shape index (κ3) is 4.26. The highest BCUT2D eigenvalue weighted by atomic mass is 79.9. The molecule has 0 N–H and O–H groups in total. The summed E-state index contributed by atoms with van der Waals surface area (Å²) in [6, 6.07) is 9.44. The van der Waals surface area contributed by atoms with E-state index in [-0.39, 0.29) is 0 Å². The first-order valence-electron chi connectivity index (χ1n) is 7.87. The van der Waals surface area contributed by atoms with Gasteiger partial charge in [0.1, 0.15) is 0 Å². The minimum absolute atomic E-state index is 0.365. The Labute approximate surface area is 139 Å². The topological polar surface area (TPSA) is 20.3 Å². The van der Waals surface area contributed by atoms with Crippen LogP contribution < -0.4 is 0 Å². The fourth-order valence-corrected chi connectivity index (χ4v) is 4.49. The van der Waals surface area contributed by atoms with Crippen LogP contribution in [0.4, 0.5) is 0 Å². The van der Waals surface area contributed by atoms with Crippen molar-refractivity contribution >= 4 is 33.6 Å². The summed E-state index contributed by atoms with van der Waals surface area (Å²) in [6.45, 7) is 0. The van der Waals surface area contributed by atoms with Gasteiger partial charge in [0.15, 0.2) is 0 Å². The molecular formula is C17H22BrNOS. The molecular weight excluding hydrogens is 346 g/mol. The molecule has 2 saturated carbocycles. The van der Waals surface area contributed by atoms with E-state index >= 15 is 0 Å². The van der Waals surface area contributed by atoms with Gasteiger partial charge in [0.2, 0.25) is 5.91 Å². The lowest BCUT2D eigenvalue weighted by atomic mass is 10.2. The van der Waals surface area contributed by atoms with Crippen molar-refractivity contribution in [3.05, 3.63) is 34.3 Å². The fourth-order valence-electron chi connectivity index (χ4n) is 3.20. The van der Waals surface area contributed by atoms with E-state index in [9.17, 15) is 4.79 Å². The van der Waals surface area contributed by atoms with Crippen LogP contribution in [0.5, 0.6) is 0 Å². The Hall–Kier alpha value is -0.480. The lowest BCUT2D eigenvalue weighted by Gasteiger charge is -2.29. The predicted octanol–water partition coefficient (Wildman–Crippen LogP) is 4.62. The molecule has 0 spiro atoms. The van der Waals surface area contributed by atoms with Gasteiger partial charge in [-0.05, 0) is 43.4 Å². The van der Waals surface area contributed by atoms with Gasteiger partial charge in [-0.15, -0.1) is 11.8 Å². The molecule has 0 heterocycles. The highest BCUT2D eigenvalue weighted by Gasteiger charge is 2.37. The summed E-state index contributed by atoms with van der Waals surface area (Å²) >= 11 is 5.24. The summed E-state index contributed by atoms with van der Waals surface area (Å²) in [5.74, 6) is 1.90. The Balaban J connectivity index is 1.50. The number of carbonyl (C=O) groups is 1. The van der Waals surface area contributed by atoms with Gasteiger partial charge in [-0.25, -0.2) is 0 Å². The number of nitrogens with zero attached hydrogens (tertiary/aromatic N) is 1. The van der Waals surface area contributed by atoms with Crippen molar-refractivity contribution in [1.82, 2.24) is 4.90 Å². The second-order valence-corrected chi connectivity index (χ2v) is 7.99. The van der Waals surface area contributed by atoms with E-state index in [1.165, 1.54) is 44.1 Å². The van der Waals surface area contributed by atoms with E-state index in [0.717, 1.165) is 10.2 Å². The Kier molecular flexibility index (Phi) is 5.28. The van der Waals surface area contributed by atoms with Gasteiger partial charge in [-0.1, -0.05) is 40.9 Å². The molecule has 2 aliphatic rings. The Bertz CT molecular complexity index is 497. The number of thioether (sulfide) groups is 1. The molecule has 0 bridgehead atoms. The average Bonchev–Trinajstić information content (AvgIpc) is 3.13. The highest BCUT2D eigenvalue weighted by molar-refractivity contribution is 9.10. The molecule has 4 heteroatoms. The monoisotopic (exact) mass is 367 g/mol. The summed E-state index contributed by atoms with van der Waals surface area (Å²) in [6.07, 6.45) is 7.48. The Morgan fingerprint density at radius 2 is 1.90 bits per heavy atom. The second-order valence-electron chi connectivity index (χ2n) is 6.09. The van der Waals surface area contributed by atoms with Crippen molar-refractivity contribution in [3.63, 3.8) is 0 Å². The molecule has 3 rings (SSSR count). The van der Waals surface area contributed by atoms with Crippen molar-refractivity contribution in [1.29, 1.82) is 0 Å². The van der Waals surface area contributed by atoms with E-state index in [0.29, 0.717) is 23.7 Å². The minimum atomic E-state index is 0.365. The molecule has 2 fully saturated rings. The number of hydrogen-bond acceptors (Lipinski definition) is 2. The zero-order chi connectivity index (χ0) is 14.7. The largest absolute Gasteiger partial charge is 0.336 e. The van der Waals surface area contributed by atoms with Crippen LogP contribution in [0.25, 0.3) is 0 Å². The molecule has 114 valence electrons. The van der Waals surface area contributed by atoms with E-state index < -0.39 is 0 Å². The van der Waals surface area contributed by atoms with E-state index in [4.69, 9.17) is 0 Å². The first-order valence-corrected chi connectivity index (χ1v) is 9.82. The zero-order valence-corrected chi connectivity index (χ0v) is 14.7. The van der Waals surface area contributed by atoms with Crippen LogP contribution in [0.3, 0.4) is 0 Å². The lowest BCUT2D eigenvalue weighted by Crippen LogP contribution is -2.41. The summed E-state index contributed by atoms with van der Waals surface area (Å²) < 4.78 is 1.11. The molecule has 0 saturated heterocycles. The van der Waals surface area contributed by atoms with Crippen LogP contribution in [0.15, 0.2) is 28.7 Å². The van der Waals surface area contributed by atoms with E-state index in [1.54, 1.807) is 11.8 Å². The first-order chi connectivity index (χ1) is 10.2. The highest BCUT2D eigenvalue weighted by Crippen LogP contribution is 2.35. The smallest absolute Gasteiger partial charge is 0.233 e. The summed E-state index contributed by atoms with van der Waals surface area (Å²) in [5.41, 5.74) is 1.28. The fraction of sp³-hybridized carbons (Fsp3) is 0.588. The van der Waals surface area contributed by atoms with Gasteiger partial charge in [0.05, 0.1) is 5.75 Å². The Morgan fingerprint density at radius 1 is 1.19 bits per heavy atom. The van der Waals surface area contributed by atoms with E-state index in [2.05, 4.69) is 39.0 Å². The summed E-state index contributed by atoms with van der Waals surface area (Å²) in [7, 11) is 0. The van der Waals surface area contributed by atoms with Gasteiger partial charge in [0, 0.05) is 22.3 Å². The predicted molar refractivity (Wildman–Crippen MR) is 92.4 cm³/mol. The van der Waals surface area contributed by atoms with Crippen molar-refractivity contribution in [2.24, 2.45) is 0 Å². The number of rotatable bonds is 6. The van der Waals surface area contributed by atoms with Gasteiger partial charge in [-0.3, -0.25) is 4.79 Å². The molecule has 0 radical (unpaired) electrons. The average molecular weight is 368 g/mol. The first kappa shape index (κ1) is 15.4. The van der Waals surface area contributed by atoms with E-state index in [1.807, 2.05) is 6.07 Å². The number of amides is 1. The molecule has 1 aromatic rings. The third-order valence-corrected chi connectivity index (χ3v) is 5.81. The van der Waals surface area contributed by atoms with Gasteiger partial charge < -0.3 is 4.90 Å². The third-order valence-electron chi connectivity index (χ3n) is 4.33. The van der Waals surface area contributed by atoms with Crippen LogP contribution in [-0.4, -0.2) is 28.6 Å². The molecule has 0 atom stereocenters. The number of benzene rings is 1. The lowest BCUT2D eigenvalue weighted by molar-refractivity contribution is -0.131. The number of halogens is 1. The van der Waals surface area contributed by atoms with Crippen LogP contribution in [0.1, 0.15) is 44.1 Å². The quantitative estimate of drug-likeness (QED) is 0.731. The van der Waals surface area contributed by atoms with Crippen LogP contribution in [0.2, 0.25) is 0 Å². The second kappa shape index (κ2) is 7.19. The van der Waals surface area contributed by atoms with Crippen LogP contribution >= 0.6 is 27.7 Å². The zero-order valence-electron chi connectivity index (χ0n) is 12.3. The molecule has 0 aliphatic heterocycles. The molecule has 2 nitrogen and oxygen atoms in total. The summed E-state index contributed by atoms with van der Waals surface area (Å²) in [5, 5.41) is 0. The SMILES string of the molecule is O=C(CSCc1cccc(Br)c1)N(C1CCCC1)C1CC1. The molecule has 1 aromatic carbocycles. The molecule has 21 heavy (non-hydrogen) atoms. The summed E-state index contributed by atoms with van der Waals surface area (Å²) in [4.78, 5) is 14.8. The number of hydrogen-bond donors (Lipinski definition) is 0. The van der Waals surface area contributed by atoms with Crippen LogP contribution in [-0.2, 0) is 10.5 Å². The molecule has 2 aliphatic carbocycles. The maximum absolute atomic E-state index is 12.6.